The summed E-state index contributed by atoms with van der Waals surface area (Å²) in [5.41, 5.74) is 1.42. The van der Waals surface area contributed by atoms with E-state index in [9.17, 15) is 5.11 Å². The predicted molar refractivity (Wildman–Crippen MR) is 77.3 cm³/mol. The van der Waals surface area contributed by atoms with Crippen LogP contribution in [0.1, 0.15) is 31.5 Å². The first-order chi connectivity index (χ1) is 8.22. The van der Waals surface area contributed by atoms with E-state index in [1.807, 2.05) is 25.7 Å². The van der Waals surface area contributed by atoms with Crippen molar-refractivity contribution < 1.29 is 5.11 Å². The van der Waals surface area contributed by atoms with Crippen LogP contribution < -0.4 is 0 Å². The summed E-state index contributed by atoms with van der Waals surface area (Å²) in [6, 6.07) is 0. The zero-order valence-corrected chi connectivity index (χ0v) is 13.0. The molecule has 3 nitrogen and oxygen atoms in total. The van der Waals surface area contributed by atoms with Gasteiger partial charge in [0, 0.05) is 24.8 Å². The highest BCUT2D eigenvalue weighted by atomic mass is 35.5. The molecule has 1 aromatic heterocycles. The van der Waals surface area contributed by atoms with E-state index >= 15 is 0 Å². The topological polar surface area (TPSA) is 38.0 Å². The number of thioether (sulfide) groups is 1. The zero-order chi connectivity index (χ0) is 13.6. The maximum atomic E-state index is 10.8. The second kappa shape index (κ2) is 4.73. The molecule has 0 bridgehead atoms. The van der Waals surface area contributed by atoms with Crippen molar-refractivity contribution in [1.29, 1.82) is 0 Å². The lowest BCUT2D eigenvalue weighted by atomic mass is 9.79. The third-order valence-corrected chi connectivity index (χ3v) is 5.65. The first-order valence-electron chi connectivity index (χ1n) is 6.21. The summed E-state index contributed by atoms with van der Waals surface area (Å²) < 4.78 is 1.68. The molecule has 2 rings (SSSR count). The van der Waals surface area contributed by atoms with E-state index in [-0.39, 0.29) is 5.41 Å². The van der Waals surface area contributed by atoms with Crippen LogP contribution in [0.5, 0.6) is 0 Å². The van der Waals surface area contributed by atoms with Gasteiger partial charge in [-0.15, -0.1) is 0 Å². The lowest BCUT2D eigenvalue weighted by Gasteiger charge is -2.41. The molecule has 1 saturated heterocycles. The molecule has 102 valence electrons. The van der Waals surface area contributed by atoms with E-state index in [4.69, 9.17) is 11.6 Å². The van der Waals surface area contributed by atoms with E-state index < -0.39 is 5.60 Å². The Kier molecular flexibility index (Phi) is 3.74. The van der Waals surface area contributed by atoms with Gasteiger partial charge >= 0.3 is 0 Å². The average Bonchev–Trinajstić information content (AvgIpc) is 2.43. The van der Waals surface area contributed by atoms with Gasteiger partial charge in [-0.1, -0.05) is 25.4 Å². The highest BCUT2D eigenvalue weighted by Crippen LogP contribution is 2.41. The Morgan fingerprint density at radius 2 is 2.11 bits per heavy atom. The van der Waals surface area contributed by atoms with Gasteiger partial charge in [-0.25, -0.2) is 0 Å². The van der Waals surface area contributed by atoms with Crippen molar-refractivity contribution in [2.75, 3.05) is 11.5 Å². The van der Waals surface area contributed by atoms with Crippen LogP contribution in [-0.4, -0.2) is 32.0 Å². The Morgan fingerprint density at radius 3 is 2.61 bits per heavy atom. The van der Waals surface area contributed by atoms with Crippen LogP contribution in [0, 0.1) is 12.3 Å². The molecule has 1 unspecified atom stereocenters. The molecule has 1 N–H and O–H groups in total. The summed E-state index contributed by atoms with van der Waals surface area (Å²) in [7, 11) is 1.84. The third kappa shape index (κ3) is 2.86. The van der Waals surface area contributed by atoms with E-state index in [1.165, 1.54) is 0 Å². The smallest absolute Gasteiger partial charge is 0.130 e. The molecule has 1 aliphatic rings. The Balaban J connectivity index is 2.22. The minimum atomic E-state index is -0.663. The molecule has 0 spiro atoms. The highest BCUT2D eigenvalue weighted by molar-refractivity contribution is 7.99. The van der Waals surface area contributed by atoms with Crippen molar-refractivity contribution in [3.05, 3.63) is 16.4 Å². The second-order valence-electron chi connectivity index (χ2n) is 6.21. The number of aromatic nitrogens is 2. The van der Waals surface area contributed by atoms with E-state index in [0.29, 0.717) is 11.6 Å². The van der Waals surface area contributed by atoms with Crippen molar-refractivity contribution in [3.8, 4) is 0 Å². The van der Waals surface area contributed by atoms with Gasteiger partial charge in [-0.2, -0.15) is 16.9 Å². The maximum absolute atomic E-state index is 10.8. The molecule has 0 amide bonds. The molecule has 1 aromatic rings. The monoisotopic (exact) mass is 288 g/mol. The predicted octanol–water partition coefficient (Wildman–Crippen LogP) is 2.82. The Labute approximate surface area is 118 Å². The highest BCUT2D eigenvalue weighted by Gasteiger charge is 2.40. The lowest BCUT2D eigenvalue weighted by molar-refractivity contribution is 0.0199. The standard InChI is InChI=1S/C13H21ClN2OS/c1-9-10(11(14)16(4)15-9)5-13(17)6-12(2,3)7-18-8-13/h17H,5-8H2,1-4H3. The fourth-order valence-electron chi connectivity index (χ4n) is 2.83. The Bertz CT molecular complexity index is 458. The van der Waals surface area contributed by atoms with Crippen LogP contribution >= 0.6 is 23.4 Å². The van der Waals surface area contributed by atoms with Gasteiger partial charge in [0.15, 0.2) is 0 Å². The van der Waals surface area contributed by atoms with Gasteiger partial charge in [0.2, 0.25) is 0 Å². The van der Waals surface area contributed by atoms with Gasteiger partial charge in [-0.3, -0.25) is 4.68 Å². The molecule has 1 fully saturated rings. The minimum Gasteiger partial charge on any atom is -0.389 e. The van der Waals surface area contributed by atoms with E-state index in [1.54, 1.807) is 4.68 Å². The molecule has 5 heteroatoms. The lowest BCUT2D eigenvalue weighted by Crippen LogP contribution is -2.44. The molecule has 1 atom stereocenters. The van der Waals surface area contributed by atoms with Gasteiger partial charge in [0.1, 0.15) is 5.15 Å². The van der Waals surface area contributed by atoms with Crippen LogP contribution in [0.2, 0.25) is 5.15 Å². The molecule has 18 heavy (non-hydrogen) atoms. The number of hydrogen-bond donors (Lipinski definition) is 1. The fourth-order valence-corrected chi connectivity index (χ4v) is 4.41. The Morgan fingerprint density at radius 1 is 1.44 bits per heavy atom. The summed E-state index contributed by atoms with van der Waals surface area (Å²) in [4.78, 5) is 0. The number of aliphatic hydroxyl groups is 1. The van der Waals surface area contributed by atoms with Gasteiger partial charge in [0.25, 0.3) is 0 Å². The van der Waals surface area contributed by atoms with Crippen molar-refractivity contribution in [1.82, 2.24) is 9.78 Å². The molecule has 1 aliphatic heterocycles. The van der Waals surface area contributed by atoms with Crippen molar-refractivity contribution in [3.63, 3.8) is 0 Å². The summed E-state index contributed by atoms with van der Waals surface area (Å²) in [5.74, 6) is 1.89. The second-order valence-corrected chi connectivity index (χ2v) is 7.56. The molecule has 0 radical (unpaired) electrons. The van der Waals surface area contributed by atoms with Crippen molar-refractivity contribution in [2.24, 2.45) is 12.5 Å². The van der Waals surface area contributed by atoms with Crippen LogP contribution in [-0.2, 0) is 13.5 Å². The van der Waals surface area contributed by atoms with Gasteiger partial charge < -0.3 is 5.11 Å². The average molecular weight is 289 g/mol. The first-order valence-corrected chi connectivity index (χ1v) is 7.74. The summed E-state index contributed by atoms with van der Waals surface area (Å²) in [6.45, 7) is 6.37. The molecule has 0 aliphatic carbocycles. The number of rotatable bonds is 2. The van der Waals surface area contributed by atoms with Crippen LogP contribution in [0.3, 0.4) is 0 Å². The number of nitrogens with zero attached hydrogens (tertiary/aromatic N) is 2. The molecule has 2 heterocycles. The SMILES string of the molecule is Cc1nn(C)c(Cl)c1CC1(O)CSCC(C)(C)C1. The fraction of sp³-hybridized carbons (Fsp3) is 0.769. The maximum Gasteiger partial charge on any atom is 0.130 e. The summed E-state index contributed by atoms with van der Waals surface area (Å²) in [5, 5.41) is 15.8. The van der Waals surface area contributed by atoms with Crippen molar-refractivity contribution >= 4 is 23.4 Å². The number of halogens is 1. The number of hydrogen-bond acceptors (Lipinski definition) is 3. The van der Waals surface area contributed by atoms with Gasteiger partial charge in [-0.05, 0) is 24.5 Å². The normalized spacial score (nSPS) is 27.4. The molecule has 0 saturated carbocycles. The third-order valence-electron chi connectivity index (χ3n) is 3.45. The van der Waals surface area contributed by atoms with Crippen LogP contribution in [0.15, 0.2) is 0 Å². The van der Waals surface area contributed by atoms with Crippen LogP contribution in [0.4, 0.5) is 0 Å². The largest absolute Gasteiger partial charge is 0.389 e. The van der Waals surface area contributed by atoms with E-state index in [0.717, 1.165) is 29.2 Å². The summed E-state index contributed by atoms with van der Waals surface area (Å²) in [6.07, 6.45) is 1.42. The molecule has 0 aromatic carbocycles. The number of aryl methyl sites for hydroxylation is 2. The summed E-state index contributed by atoms with van der Waals surface area (Å²) >= 11 is 8.08. The van der Waals surface area contributed by atoms with Gasteiger partial charge in [0.05, 0.1) is 11.3 Å². The van der Waals surface area contributed by atoms with Crippen molar-refractivity contribution in [2.45, 2.75) is 39.2 Å². The zero-order valence-electron chi connectivity index (χ0n) is 11.5. The van der Waals surface area contributed by atoms with Crippen LogP contribution in [0.25, 0.3) is 0 Å². The molecular formula is C13H21ClN2OS. The first kappa shape index (κ1) is 14.2. The quantitative estimate of drug-likeness (QED) is 0.909. The minimum absolute atomic E-state index is 0.181. The Hall–Kier alpha value is -0.190. The molecular weight excluding hydrogens is 268 g/mol. The van der Waals surface area contributed by atoms with E-state index in [2.05, 4.69) is 18.9 Å².